The Bertz CT molecular complexity index is 1580. The number of para-hydroxylation sites is 1. The second-order valence-corrected chi connectivity index (χ2v) is 8.84. The van der Waals surface area contributed by atoms with Gasteiger partial charge in [-0.2, -0.15) is 0 Å². The Kier molecular flexibility index (Phi) is 4.64. The number of hydrogen-bond donors (Lipinski definition) is 0. The molecule has 1 aromatic heterocycles. The molecule has 7 heteroatoms. The fourth-order valence-corrected chi connectivity index (χ4v) is 5.40. The Morgan fingerprint density at radius 2 is 1.69 bits per heavy atom. The molecule has 3 aromatic carbocycles. The standard InChI is InChI=1S/C28H21FN2O4/c1-2-14-30-21-11-7-6-10-20(21)28(27(30)34)23-24(32)19-15-18(29)12-13-22(19)35-25(23)26(33)31(28)16-17-8-4-3-5-9-17/h3-13,15H,2,14,16H2,1H3/t28-/m1/s1. The van der Waals surface area contributed by atoms with Crippen molar-refractivity contribution < 1.29 is 18.4 Å². The van der Waals surface area contributed by atoms with Crippen LogP contribution in [0.15, 0.2) is 82.0 Å². The van der Waals surface area contributed by atoms with Crippen molar-refractivity contribution in [2.75, 3.05) is 11.4 Å². The van der Waals surface area contributed by atoms with Gasteiger partial charge in [-0.15, -0.1) is 0 Å². The lowest BCUT2D eigenvalue weighted by molar-refractivity contribution is -0.126. The molecule has 174 valence electrons. The molecule has 0 N–H and O–H groups in total. The van der Waals surface area contributed by atoms with Gasteiger partial charge in [0.25, 0.3) is 11.8 Å². The topological polar surface area (TPSA) is 70.8 Å². The summed E-state index contributed by atoms with van der Waals surface area (Å²) in [5.41, 5.74) is -0.227. The van der Waals surface area contributed by atoms with Crippen LogP contribution in [0.1, 0.15) is 40.6 Å². The fraction of sp³-hybridized carbons (Fsp3) is 0.179. The zero-order valence-corrected chi connectivity index (χ0v) is 19.0. The van der Waals surface area contributed by atoms with Gasteiger partial charge in [-0.1, -0.05) is 55.5 Å². The van der Waals surface area contributed by atoms with Crippen LogP contribution in [0.25, 0.3) is 11.0 Å². The highest BCUT2D eigenvalue weighted by Gasteiger charge is 2.64. The summed E-state index contributed by atoms with van der Waals surface area (Å²) in [4.78, 5) is 45.2. The molecule has 0 bridgehead atoms. The Labute approximate surface area is 200 Å². The van der Waals surface area contributed by atoms with E-state index in [1.807, 2.05) is 49.4 Å². The lowest BCUT2D eigenvalue weighted by Gasteiger charge is -2.34. The van der Waals surface area contributed by atoms with Crippen molar-refractivity contribution in [3.8, 4) is 0 Å². The van der Waals surface area contributed by atoms with Crippen molar-refractivity contribution in [2.24, 2.45) is 0 Å². The van der Waals surface area contributed by atoms with E-state index in [2.05, 4.69) is 0 Å². The summed E-state index contributed by atoms with van der Waals surface area (Å²) in [6, 6.07) is 20.1. The maximum Gasteiger partial charge on any atom is 0.291 e. The maximum absolute atomic E-state index is 14.3. The van der Waals surface area contributed by atoms with Gasteiger partial charge in [-0.25, -0.2) is 4.39 Å². The van der Waals surface area contributed by atoms with E-state index in [4.69, 9.17) is 4.42 Å². The van der Waals surface area contributed by atoms with E-state index in [0.717, 1.165) is 11.6 Å². The maximum atomic E-state index is 14.3. The highest BCUT2D eigenvalue weighted by Crippen LogP contribution is 2.53. The largest absolute Gasteiger partial charge is 0.450 e. The summed E-state index contributed by atoms with van der Waals surface area (Å²) in [6.45, 7) is 2.48. The van der Waals surface area contributed by atoms with Gasteiger partial charge in [-0.3, -0.25) is 14.4 Å². The van der Waals surface area contributed by atoms with Crippen LogP contribution in [0.5, 0.6) is 0 Å². The number of benzene rings is 3. The van der Waals surface area contributed by atoms with Gasteiger partial charge in [0.2, 0.25) is 5.76 Å². The molecule has 2 aliphatic rings. The lowest BCUT2D eigenvalue weighted by Crippen LogP contribution is -2.53. The van der Waals surface area contributed by atoms with Gasteiger partial charge in [0.1, 0.15) is 11.4 Å². The molecule has 1 atom stereocenters. The van der Waals surface area contributed by atoms with Crippen LogP contribution in [0, 0.1) is 5.82 Å². The van der Waals surface area contributed by atoms with Crippen LogP contribution in [-0.2, 0) is 16.9 Å². The summed E-state index contributed by atoms with van der Waals surface area (Å²) >= 11 is 0. The van der Waals surface area contributed by atoms with Crippen LogP contribution in [0.2, 0.25) is 0 Å². The smallest absolute Gasteiger partial charge is 0.291 e. The van der Waals surface area contributed by atoms with Crippen LogP contribution in [0.4, 0.5) is 10.1 Å². The zero-order valence-electron chi connectivity index (χ0n) is 19.0. The minimum Gasteiger partial charge on any atom is -0.450 e. The second kappa shape index (κ2) is 7.63. The Morgan fingerprint density at radius 1 is 0.943 bits per heavy atom. The number of halogens is 1. The second-order valence-electron chi connectivity index (χ2n) is 8.84. The van der Waals surface area contributed by atoms with Crippen LogP contribution in [-0.4, -0.2) is 23.3 Å². The average molecular weight is 468 g/mol. The molecule has 2 aliphatic heterocycles. The lowest BCUT2D eigenvalue weighted by atomic mass is 9.83. The third-order valence-corrected chi connectivity index (χ3v) is 6.83. The number of carbonyl (C=O) groups is 2. The molecule has 0 fully saturated rings. The number of hydrogen-bond acceptors (Lipinski definition) is 4. The zero-order chi connectivity index (χ0) is 24.3. The third-order valence-electron chi connectivity index (χ3n) is 6.83. The average Bonchev–Trinajstić information content (AvgIpc) is 3.26. The molecule has 0 saturated heterocycles. The minimum atomic E-state index is -1.70. The summed E-state index contributed by atoms with van der Waals surface area (Å²) < 4.78 is 20.1. The Morgan fingerprint density at radius 3 is 2.46 bits per heavy atom. The quantitative estimate of drug-likeness (QED) is 0.439. The van der Waals surface area contributed by atoms with Crippen molar-refractivity contribution in [3.63, 3.8) is 0 Å². The van der Waals surface area contributed by atoms with E-state index in [1.165, 1.54) is 17.0 Å². The van der Waals surface area contributed by atoms with E-state index in [9.17, 15) is 18.8 Å². The van der Waals surface area contributed by atoms with Crippen LogP contribution >= 0.6 is 0 Å². The highest BCUT2D eigenvalue weighted by atomic mass is 19.1. The van der Waals surface area contributed by atoms with E-state index >= 15 is 0 Å². The highest BCUT2D eigenvalue weighted by molar-refractivity contribution is 6.17. The van der Waals surface area contributed by atoms with Crippen LogP contribution < -0.4 is 10.3 Å². The van der Waals surface area contributed by atoms with Crippen LogP contribution in [0.3, 0.4) is 0 Å². The first kappa shape index (κ1) is 21.3. The molecule has 3 heterocycles. The molecular weight excluding hydrogens is 447 g/mol. The first-order valence-electron chi connectivity index (χ1n) is 11.5. The van der Waals surface area contributed by atoms with E-state index in [0.29, 0.717) is 24.2 Å². The third kappa shape index (κ3) is 2.78. The van der Waals surface area contributed by atoms with Gasteiger partial charge in [0, 0.05) is 18.7 Å². The number of amides is 2. The molecule has 0 aliphatic carbocycles. The summed E-state index contributed by atoms with van der Waals surface area (Å²) in [5.74, 6) is -1.71. The minimum absolute atomic E-state index is 0.00305. The molecule has 0 saturated carbocycles. The monoisotopic (exact) mass is 468 g/mol. The Hall–Kier alpha value is -4.26. The predicted octanol–water partition coefficient (Wildman–Crippen LogP) is 4.59. The summed E-state index contributed by atoms with van der Waals surface area (Å²) in [6.07, 6.45) is 0.688. The molecule has 4 aromatic rings. The van der Waals surface area contributed by atoms with Crippen molar-refractivity contribution >= 4 is 28.5 Å². The summed E-state index contributed by atoms with van der Waals surface area (Å²) in [7, 11) is 0. The predicted molar refractivity (Wildman–Crippen MR) is 129 cm³/mol. The SMILES string of the molecule is CCCN1C(=O)[C@@]2(c3ccccc31)c1c(oc3ccc(F)cc3c1=O)C(=O)N2Cc1ccccc1. The molecular formula is C28H21FN2O4. The number of rotatable bonds is 4. The first-order valence-corrected chi connectivity index (χ1v) is 11.5. The van der Waals surface area contributed by atoms with Crippen molar-refractivity contribution in [3.05, 3.63) is 111 Å². The van der Waals surface area contributed by atoms with Crippen molar-refractivity contribution in [1.29, 1.82) is 0 Å². The fourth-order valence-electron chi connectivity index (χ4n) is 5.40. The normalized spacial score (nSPS) is 18.6. The summed E-state index contributed by atoms with van der Waals surface area (Å²) in [5, 5.41) is -0.00305. The van der Waals surface area contributed by atoms with Crippen molar-refractivity contribution in [2.45, 2.75) is 25.4 Å². The number of carbonyl (C=O) groups excluding carboxylic acids is 2. The molecule has 1 spiro atoms. The van der Waals surface area contributed by atoms with E-state index in [-0.39, 0.29) is 34.7 Å². The van der Waals surface area contributed by atoms with Gasteiger partial charge in [-0.05, 0) is 36.2 Å². The van der Waals surface area contributed by atoms with E-state index < -0.39 is 22.7 Å². The van der Waals surface area contributed by atoms with Crippen molar-refractivity contribution in [1.82, 2.24) is 4.90 Å². The molecule has 6 rings (SSSR count). The van der Waals surface area contributed by atoms with Gasteiger partial charge >= 0.3 is 0 Å². The van der Waals surface area contributed by atoms with Gasteiger partial charge < -0.3 is 14.2 Å². The van der Waals surface area contributed by atoms with Gasteiger partial charge in [0.15, 0.2) is 11.0 Å². The number of anilines is 1. The number of nitrogens with zero attached hydrogens (tertiary/aromatic N) is 2. The van der Waals surface area contributed by atoms with Gasteiger partial charge in [0.05, 0.1) is 16.6 Å². The molecule has 2 amide bonds. The molecule has 6 nitrogen and oxygen atoms in total. The molecule has 0 unspecified atom stereocenters. The number of fused-ring (bicyclic) bond motifs is 5. The molecule has 0 radical (unpaired) electrons. The van der Waals surface area contributed by atoms with E-state index in [1.54, 1.807) is 17.0 Å². The molecule has 35 heavy (non-hydrogen) atoms. The first-order chi connectivity index (χ1) is 17.0. The Balaban J connectivity index is 1.71.